The number of anilines is 1. The number of hydrogen-bond donors (Lipinski definition) is 3. The number of aliphatic hydroxyl groups is 1. The number of rotatable bonds is 12. The van der Waals surface area contributed by atoms with Gasteiger partial charge in [-0.15, -0.1) is 0 Å². The van der Waals surface area contributed by atoms with Crippen molar-refractivity contribution in [1.82, 2.24) is 10.6 Å². The lowest BCUT2D eigenvalue weighted by Crippen LogP contribution is -2.48. The minimum atomic E-state index is -4.43. The first kappa shape index (κ1) is 31.3. The molecule has 224 valence electrons. The zero-order valence-corrected chi connectivity index (χ0v) is 23.8. The van der Waals surface area contributed by atoms with Gasteiger partial charge in [0.2, 0.25) is 5.91 Å². The van der Waals surface area contributed by atoms with Gasteiger partial charge in [0.1, 0.15) is 0 Å². The number of aryl methyl sites for hydroxylation is 1. The van der Waals surface area contributed by atoms with Gasteiger partial charge in [0.05, 0.1) is 17.7 Å². The molecule has 3 N–H and O–H groups in total. The molecule has 2 unspecified atom stereocenters. The number of nitrogens with one attached hydrogen (secondary N) is 2. The van der Waals surface area contributed by atoms with Crippen LogP contribution in [0.5, 0.6) is 0 Å². The van der Waals surface area contributed by atoms with Gasteiger partial charge in [-0.2, -0.15) is 13.2 Å². The summed E-state index contributed by atoms with van der Waals surface area (Å²) in [5.74, 6) is -0.318. The van der Waals surface area contributed by atoms with Crippen LogP contribution in [0.15, 0.2) is 72.8 Å². The number of alkyl halides is 3. The van der Waals surface area contributed by atoms with Crippen LogP contribution in [0.1, 0.15) is 65.2 Å². The van der Waals surface area contributed by atoms with E-state index in [1.54, 1.807) is 17.0 Å². The molecule has 2 atom stereocenters. The van der Waals surface area contributed by atoms with Crippen LogP contribution in [-0.4, -0.2) is 42.2 Å². The third-order valence-electron chi connectivity index (χ3n) is 7.43. The van der Waals surface area contributed by atoms with Gasteiger partial charge in [-0.1, -0.05) is 61.9 Å². The molecule has 1 fully saturated rings. The number of halogens is 3. The Hall–Kier alpha value is -3.69. The lowest BCUT2D eigenvalue weighted by Gasteiger charge is -2.28. The van der Waals surface area contributed by atoms with Crippen molar-refractivity contribution < 1.29 is 27.9 Å². The molecule has 0 saturated carbocycles. The van der Waals surface area contributed by atoms with Crippen molar-refractivity contribution in [1.29, 1.82) is 0 Å². The van der Waals surface area contributed by atoms with E-state index in [0.717, 1.165) is 48.9 Å². The average molecular weight is 582 g/mol. The van der Waals surface area contributed by atoms with E-state index in [2.05, 4.69) is 17.6 Å². The van der Waals surface area contributed by atoms with E-state index in [4.69, 9.17) is 0 Å². The number of carbonyl (C=O) groups is 2. The maximum atomic E-state index is 13.6. The lowest BCUT2D eigenvalue weighted by atomic mass is 9.99. The van der Waals surface area contributed by atoms with Crippen LogP contribution in [0, 0.1) is 0 Å². The summed E-state index contributed by atoms with van der Waals surface area (Å²) in [5, 5.41) is 17.2. The first-order valence-electron chi connectivity index (χ1n) is 14.5. The quantitative estimate of drug-likeness (QED) is 0.258. The Bertz CT molecular complexity index is 1350. The van der Waals surface area contributed by atoms with E-state index < -0.39 is 23.9 Å². The third kappa shape index (κ3) is 8.66. The average Bonchev–Trinajstić information content (AvgIpc) is 2.97. The van der Waals surface area contributed by atoms with Crippen molar-refractivity contribution in [2.75, 3.05) is 18.0 Å². The van der Waals surface area contributed by atoms with E-state index in [-0.39, 0.29) is 24.9 Å². The van der Waals surface area contributed by atoms with Crippen LogP contribution in [0.3, 0.4) is 0 Å². The van der Waals surface area contributed by atoms with Crippen molar-refractivity contribution in [3.05, 3.63) is 101 Å². The molecule has 1 aliphatic rings. The number of benzene rings is 3. The smallest absolute Gasteiger partial charge is 0.390 e. The second-order valence-corrected chi connectivity index (χ2v) is 10.8. The van der Waals surface area contributed by atoms with Gasteiger partial charge >= 0.3 is 6.18 Å². The van der Waals surface area contributed by atoms with Crippen LogP contribution in [0.25, 0.3) is 0 Å². The molecule has 9 heteroatoms. The van der Waals surface area contributed by atoms with E-state index in [1.165, 1.54) is 6.07 Å². The summed E-state index contributed by atoms with van der Waals surface area (Å²) in [7, 11) is 0. The predicted octanol–water partition coefficient (Wildman–Crippen LogP) is 5.67. The number of carbonyl (C=O) groups excluding carboxylic acids is 2. The van der Waals surface area contributed by atoms with Crippen LogP contribution in [0.4, 0.5) is 18.9 Å². The summed E-state index contributed by atoms with van der Waals surface area (Å²) in [5.41, 5.74) is 2.71. The summed E-state index contributed by atoms with van der Waals surface area (Å²) in [6.45, 7) is 2.84. The number of amides is 2. The Morgan fingerprint density at radius 1 is 0.976 bits per heavy atom. The Morgan fingerprint density at radius 2 is 1.74 bits per heavy atom. The normalized spacial score (nSPS) is 15.4. The summed E-state index contributed by atoms with van der Waals surface area (Å²) >= 11 is 0. The molecule has 3 aromatic rings. The monoisotopic (exact) mass is 581 g/mol. The first-order valence-corrected chi connectivity index (χ1v) is 14.5. The molecule has 0 aliphatic carbocycles. The highest BCUT2D eigenvalue weighted by atomic mass is 19.4. The van der Waals surface area contributed by atoms with E-state index in [1.807, 2.05) is 42.5 Å². The van der Waals surface area contributed by atoms with Gasteiger partial charge in [-0.05, 0) is 66.6 Å². The van der Waals surface area contributed by atoms with Crippen LogP contribution in [0.2, 0.25) is 0 Å². The van der Waals surface area contributed by atoms with Crippen molar-refractivity contribution >= 4 is 17.5 Å². The second-order valence-electron chi connectivity index (χ2n) is 10.8. The maximum Gasteiger partial charge on any atom is 0.416 e. The molecule has 1 aliphatic heterocycles. The fourth-order valence-corrected chi connectivity index (χ4v) is 5.24. The van der Waals surface area contributed by atoms with Crippen LogP contribution >= 0.6 is 0 Å². The minimum Gasteiger partial charge on any atom is -0.390 e. The van der Waals surface area contributed by atoms with Gasteiger partial charge in [-0.3, -0.25) is 9.59 Å². The lowest BCUT2D eigenvalue weighted by molar-refractivity contribution is -0.137. The molecule has 2 amide bonds. The molecular formula is C33H38F3N3O3. The predicted molar refractivity (Wildman–Crippen MR) is 157 cm³/mol. The number of aliphatic hydroxyl groups excluding tert-OH is 1. The number of hydrogen-bond acceptors (Lipinski definition) is 4. The third-order valence-corrected chi connectivity index (χ3v) is 7.43. The Balaban J connectivity index is 1.50. The molecule has 6 nitrogen and oxygen atoms in total. The highest BCUT2D eigenvalue weighted by molar-refractivity contribution is 5.99. The zero-order chi connectivity index (χ0) is 30.1. The number of piperidine rings is 1. The summed E-state index contributed by atoms with van der Waals surface area (Å²) in [4.78, 5) is 28.0. The summed E-state index contributed by atoms with van der Waals surface area (Å²) in [6, 6.07) is 19.3. The van der Waals surface area contributed by atoms with Gasteiger partial charge < -0.3 is 20.6 Å². The van der Waals surface area contributed by atoms with E-state index in [9.17, 15) is 27.9 Å². The second kappa shape index (κ2) is 14.5. The van der Waals surface area contributed by atoms with Crippen molar-refractivity contribution in [3.63, 3.8) is 0 Å². The minimum absolute atomic E-state index is 0.0467. The van der Waals surface area contributed by atoms with Gasteiger partial charge in [0.15, 0.2) is 0 Å². The molecule has 0 spiro atoms. The SMILES string of the molecule is CCCc1cc(C(=O)NC(Cc2ccccc2)C(O)CNCc2cccc(C(F)(F)F)c2)cc(N2CCCCC2=O)c1. The van der Waals surface area contributed by atoms with E-state index in [0.29, 0.717) is 36.2 Å². The van der Waals surface area contributed by atoms with Crippen molar-refractivity contribution in [3.8, 4) is 0 Å². The Labute approximate surface area is 244 Å². The highest BCUT2D eigenvalue weighted by Gasteiger charge is 2.30. The fraction of sp³-hybridized carbons (Fsp3) is 0.394. The number of nitrogens with zero attached hydrogens (tertiary/aromatic N) is 1. The van der Waals surface area contributed by atoms with Gasteiger partial charge in [0.25, 0.3) is 5.91 Å². The van der Waals surface area contributed by atoms with Crippen molar-refractivity contribution in [2.24, 2.45) is 0 Å². The Morgan fingerprint density at radius 3 is 2.45 bits per heavy atom. The molecular weight excluding hydrogens is 543 g/mol. The topological polar surface area (TPSA) is 81.7 Å². The standard InChI is InChI=1S/C33H38F3N3O3/c1-2-9-24-16-26(20-28(18-24)39-15-7-6-14-31(39)41)32(42)38-29(19-23-10-4-3-5-11-23)30(40)22-37-21-25-12-8-13-27(17-25)33(34,35)36/h3-5,8,10-13,16-18,20,29-30,37,40H,2,6-7,9,14-15,19,21-22H2,1H3,(H,38,42). The first-order chi connectivity index (χ1) is 20.1. The van der Waals surface area contributed by atoms with Gasteiger partial charge in [0, 0.05) is 37.3 Å². The zero-order valence-electron chi connectivity index (χ0n) is 23.8. The van der Waals surface area contributed by atoms with Crippen LogP contribution in [-0.2, 0) is 30.4 Å². The molecule has 42 heavy (non-hydrogen) atoms. The molecule has 1 heterocycles. The fourth-order valence-electron chi connectivity index (χ4n) is 5.24. The molecule has 0 radical (unpaired) electrons. The summed E-state index contributed by atoms with van der Waals surface area (Å²) in [6.07, 6.45) is -1.22. The molecule has 4 rings (SSSR count). The molecule has 1 saturated heterocycles. The molecule has 0 bridgehead atoms. The van der Waals surface area contributed by atoms with Crippen molar-refractivity contribution in [2.45, 2.75) is 70.3 Å². The Kier molecular flexibility index (Phi) is 10.8. The van der Waals surface area contributed by atoms with Gasteiger partial charge in [-0.25, -0.2) is 0 Å². The molecule has 3 aromatic carbocycles. The highest BCUT2D eigenvalue weighted by Crippen LogP contribution is 2.29. The summed E-state index contributed by atoms with van der Waals surface area (Å²) < 4.78 is 39.3. The molecule has 0 aromatic heterocycles. The van der Waals surface area contributed by atoms with E-state index >= 15 is 0 Å². The van der Waals surface area contributed by atoms with Crippen LogP contribution < -0.4 is 15.5 Å². The maximum absolute atomic E-state index is 13.6. The largest absolute Gasteiger partial charge is 0.416 e.